The van der Waals surface area contributed by atoms with Crippen molar-refractivity contribution in [2.75, 3.05) is 29.9 Å². The Bertz CT molecular complexity index is 842. The molecule has 8 heteroatoms. The van der Waals surface area contributed by atoms with Crippen molar-refractivity contribution in [3.05, 3.63) is 29.1 Å². The third kappa shape index (κ3) is 5.65. The highest BCUT2D eigenvalue weighted by molar-refractivity contribution is 7.98. The van der Waals surface area contributed by atoms with E-state index >= 15 is 0 Å². The number of rotatable bonds is 9. The highest BCUT2D eigenvalue weighted by Gasteiger charge is 2.34. The molecule has 0 aliphatic carbocycles. The molecule has 0 bridgehead atoms. The van der Waals surface area contributed by atoms with Crippen LogP contribution in [0.1, 0.15) is 56.5 Å². The van der Waals surface area contributed by atoms with Crippen molar-refractivity contribution in [1.82, 2.24) is 14.8 Å². The number of nitrogens with zero attached hydrogens (tertiary/aromatic N) is 4. The van der Waals surface area contributed by atoms with Gasteiger partial charge in [0.2, 0.25) is 0 Å². The lowest BCUT2D eigenvalue weighted by atomic mass is 10.1. The lowest BCUT2D eigenvalue weighted by Gasteiger charge is -2.33. The number of piperidine rings is 1. The Morgan fingerprint density at radius 2 is 1.93 bits per heavy atom. The summed E-state index contributed by atoms with van der Waals surface area (Å²) in [6, 6.07) is 4.04. The summed E-state index contributed by atoms with van der Waals surface area (Å²) >= 11 is 1.68. The zero-order valence-electron chi connectivity index (χ0n) is 18.5. The molecule has 1 aliphatic rings. The predicted octanol–water partition coefficient (Wildman–Crippen LogP) is 5.43. The third-order valence-corrected chi connectivity index (χ3v) is 6.74. The normalized spacial score (nSPS) is 16.1. The van der Waals surface area contributed by atoms with Crippen LogP contribution in [0, 0.1) is 6.92 Å². The molecule has 0 radical (unpaired) electrons. The van der Waals surface area contributed by atoms with E-state index in [0.717, 1.165) is 48.0 Å². The average molecular weight is 438 g/mol. The van der Waals surface area contributed by atoms with Gasteiger partial charge in [0.15, 0.2) is 0 Å². The fourth-order valence-electron chi connectivity index (χ4n) is 3.82. The second kappa shape index (κ2) is 9.98. The van der Waals surface area contributed by atoms with Crippen LogP contribution in [0.5, 0.6) is 0 Å². The molecule has 0 aromatic carbocycles. The highest BCUT2D eigenvalue weighted by atomic mass is 32.2. The topological polar surface area (TPSA) is 46.0 Å². The third-order valence-electron chi connectivity index (χ3n) is 5.64. The molecule has 30 heavy (non-hydrogen) atoms. The molecule has 0 unspecified atom stereocenters. The van der Waals surface area contributed by atoms with Crippen LogP contribution in [0.25, 0.3) is 0 Å². The van der Waals surface area contributed by atoms with Crippen LogP contribution in [0.2, 0.25) is 0 Å². The van der Waals surface area contributed by atoms with Crippen molar-refractivity contribution in [2.45, 2.75) is 69.6 Å². The Labute approximate surface area is 182 Å². The molecule has 1 N–H and O–H groups in total. The number of hydrogen-bond acceptors (Lipinski definition) is 5. The maximum absolute atomic E-state index is 13.6. The molecule has 5 nitrogen and oxygen atoms in total. The Balaban J connectivity index is 1.77. The summed E-state index contributed by atoms with van der Waals surface area (Å²) in [5.74, 6) is -1.03. The van der Waals surface area contributed by atoms with Gasteiger partial charge in [0.05, 0.1) is 5.69 Å². The van der Waals surface area contributed by atoms with Crippen LogP contribution in [-0.2, 0) is 19.2 Å². The van der Waals surface area contributed by atoms with Gasteiger partial charge < -0.3 is 10.2 Å². The Kier molecular flexibility index (Phi) is 7.60. The first-order chi connectivity index (χ1) is 14.3. The van der Waals surface area contributed by atoms with Gasteiger partial charge in [0.25, 0.3) is 5.92 Å². The molecule has 0 amide bonds. The first kappa shape index (κ1) is 22.8. The van der Waals surface area contributed by atoms with Gasteiger partial charge in [-0.05, 0) is 25.8 Å². The molecular weight excluding hydrogens is 404 g/mol. The van der Waals surface area contributed by atoms with Crippen molar-refractivity contribution in [3.63, 3.8) is 0 Å². The second-order valence-electron chi connectivity index (χ2n) is 7.97. The number of pyridine rings is 1. The van der Waals surface area contributed by atoms with E-state index in [1.165, 1.54) is 11.3 Å². The van der Waals surface area contributed by atoms with Gasteiger partial charge >= 0.3 is 0 Å². The van der Waals surface area contributed by atoms with Crippen molar-refractivity contribution in [2.24, 2.45) is 7.05 Å². The summed E-state index contributed by atoms with van der Waals surface area (Å²) in [4.78, 5) is 6.84. The molecule has 2 aromatic rings. The zero-order chi connectivity index (χ0) is 21.7. The molecule has 2 aromatic heterocycles. The van der Waals surface area contributed by atoms with E-state index in [1.807, 2.05) is 23.9 Å². The van der Waals surface area contributed by atoms with Gasteiger partial charge in [-0.15, -0.1) is 0 Å². The van der Waals surface area contributed by atoms with Gasteiger partial charge in [0.1, 0.15) is 10.8 Å². The number of thioether (sulfide) groups is 1. The Morgan fingerprint density at radius 3 is 2.57 bits per heavy atom. The fourth-order valence-corrected chi connectivity index (χ4v) is 4.76. The molecule has 0 saturated carbocycles. The molecule has 1 aliphatic heterocycles. The van der Waals surface area contributed by atoms with Crippen LogP contribution >= 0.6 is 11.8 Å². The second-order valence-corrected chi connectivity index (χ2v) is 8.93. The Morgan fingerprint density at radius 1 is 1.20 bits per heavy atom. The minimum absolute atomic E-state index is 0.0923. The van der Waals surface area contributed by atoms with E-state index in [4.69, 9.17) is 4.98 Å². The van der Waals surface area contributed by atoms with Crippen LogP contribution < -0.4 is 10.2 Å². The van der Waals surface area contributed by atoms with Crippen molar-refractivity contribution >= 4 is 23.3 Å². The summed E-state index contributed by atoms with van der Waals surface area (Å²) in [5, 5.41) is 9.08. The standard InChI is InChI=1S/C22H33F2N5S/c1-5-7-10-25-20-14-18(29-11-8-22(23,24)9-12-29)13-17(26-20)15-30-21-16(3)19(6-2)28(4)27-21/h13-14H,5-12,15H2,1-4H3,(H,25,26). The monoisotopic (exact) mass is 437 g/mol. The smallest absolute Gasteiger partial charge is 0.251 e. The number of anilines is 2. The summed E-state index contributed by atoms with van der Waals surface area (Å²) < 4.78 is 29.2. The zero-order valence-corrected chi connectivity index (χ0v) is 19.3. The van der Waals surface area contributed by atoms with E-state index < -0.39 is 5.92 Å². The van der Waals surface area contributed by atoms with Gasteiger partial charge in [-0.1, -0.05) is 32.0 Å². The van der Waals surface area contributed by atoms with Crippen LogP contribution in [0.3, 0.4) is 0 Å². The SMILES string of the molecule is CCCCNc1cc(N2CCC(F)(F)CC2)cc(CSc2nn(C)c(CC)c2C)n1. The molecule has 166 valence electrons. The summed E-state index contributed by atoms with van der Waals surface area (Å²) in [6.07, 6.45) is 2.94. The fraction of sp³-hybridized carbons (Fsp3) is 0.636. The average Bonchev–Trinajstić information content (AvgIpc) is 2.99. The summed E-state index contributed by atoms with van der Waals surface area (Å²) in [7, 11) is 1.98. The first-order valence-electron chi connectivity index (χ1n) is 10.9. The van der Waals surface area contributed by atoms with E-state index in [0.29, 0.717) is 18.8 Å². The number of hydrogen-bond donors (Lipinski definition) is 1. The maximum atomic E-state index is 13.6. The molecule has 3 rings (SSSR count). The predicted molar refractivity (Wildman–Crippen MR) is 121 cm³/mol. The quantitative estimate of drug-likeness (QED) is 0.419. The van der Waals surface area contributed by atoms with Gasteiger partial charge in [0, 0.05) is 68.3 Å². The number of alkyl halides is 2. The minimum atomic E-state index is -2.54. The largest absolute Gasteiger partial charge is 0.371 e. The Hall–Kier alpha value is -1.83. The summed E-state index contributed by atoms with van der Waals surface area (Å²) in [5.41, 5.74) is 4.38. The van der Waals surface area contributed by atoms with Crippen molar-refractivity contribution in [3.8, 4) is 0 Å². The number of aryl methyl sites for hydroxylation is 1. The van der Waals surface area contributed by atoms with Crippen LogP contribution in [0.4, 0.5) is 20.3 Å². The first-order valence-corrected chi connectivity index (χ1v) is 11.8. The minimum Gasteiger partial charge on any atom is -0.371 e. The van der Waals surface area contributed by atoms with Gasteiger partial charge in [-0.3, -0.25) is 4.68 Å². The molecule has 3 heterocycles. The summed E-state index contributed by atoms with van der Waals surface area (Å²) in [6.45, 7) is 8.01. The van der Waals surface area contributed by atoms with E-state index in [9.17, 15) is 8.78 Å². The van der Waals surface area contributed by atoms with E-state index in [-0.39, 0.29) is 12.8 Å². The van der Waals surface area contributed by atoms with Crippen molar-refractivity contribution in [1.29, 1.82) is 0 Å². The van der Waals surface area contributed by atoms with Crippen molar-refractivity contribution < 1.29 is 8.78 Å². The lowest BCUT2D eigenvalue weighted by Crippen LogP contribution is -2.39. The van der Waals surface area contributed by atoms with E-state index in [2.05, 4.69) is 36.1 Å². The number of nitrogens with one attached hydrogen (secondary N) is 1. The van der Waals surface area contributed by atoms with Gasteiger partial charge in [-0.2, -0.15) is 5.10 Å². The maximum Gasteiger partial charge on any atom is 0.251 e. The lowest BCUT2D eigenvalue weighted by molar-refractivity contribution is -0.0220. The number of aromatic nitrogens is 3. The highest BCUT2D eigenvalue weighted by Crippen LogP contribution is 2.33. The van der Waals surface area contributed by atoms with Crippen LogP contribution in [-0.4, -0.2) is 40.3 Å². The molecule has 1 fully saturated rings. The molecule has 0 spiro atoms. The van der Waals surface area contributed by atoms with Gasteiger partial charge in [-0.25, -0.2) is 13.8 Å². The number of unbranched alkanes of at least 4 members (excludes halogenated alkanes) is 1. The van der Waals surface area contributed by atoms with E-state index in [1.54, 1.807) is 11.8 Å². The molecule has 0 atom stereocenters. The number of halogens is 2. The molecular formula is C22H33F2N5S. The molecule has 1 saturated heterocycles. The van der Waals surface area contributed by atoms with Crippen LogP contribution in [0.15, 0.2) is 17.2 Å².